The Morgan fingerprint density at radius 2 is 1.58 bits per heavy atom. The highest BCUT2D eigenvalue weighted by Crippen LogP contribution is 2.15. The number of hydrogen-bond acceptors (Lipinski definition) is 2. The van der Waals surface area contributed by atoms with Gasteiger partial charge >= 0.3 is 0 Å². The van der Waals surface area contributed by atoms with Gasteiger partial charge in [-0.25, -0.2) is 0 Å². The highest BCUT2D eigenvalue weighted by molar-refractivity contribution is 6.18. The smallest absolute Gasteiger partial charge is 0.119 e. The summed E-state index contributed by atoms with van der Waals surface area (Å²) < 4.78 is 5.43. The molecular weight excluding hydrogens is 260 g/mol. The predicted octanol–water partition coefficient (Wildman–Crippen LogP) is 3.26. The van der Waals surface area contributed by atoms with Crippen LogP contribution < -0.4 is 4.74 Å². The van der Waals surface area contributed by atoms with Crippen molar-refractivity contribution >= 4 is 11.6 Å². The van der Waals surface area contributed by atoms with E-state index in [4.69, 9.17) is 16.3 Å². The summed E-state index contributed by atoms with van der Waals surface area (Å²) in [5.41, 5.74) is 2.52. The quantitative estimate of drug-likeness (QED) is 0.821. The van der Waals surface area contributed by atoms with E-state index in [1.165, 1.54) is 11.1 Å². The van der Waals surface area contributed by atoms with Crippen molar-refractivity contribution in [3.63, 3.8) is 0 Å². The predicted molar refractivity (Wildman–Crippen MR) is 77.9 cm³/mol. The molecule has 100 valence electrons. The minimum absolute atomic E-state index is 0.187. The van der Waals surface area contributed by atoms with Crippen molar-refractivity contribution in [1.29, 1.82) is 0 Å². The summed E-state index contributed by atoms with van der Waals surface area (Å²) in [6.07, 6.45) is 0.288. The van der Waals surface area contributed by atoms with E-state index >= 15 is 0 Å². The molecule has 0 aliphatic rings. The van der Waals surface area contributed by atoms with Crippen LogP contribution in [0.15, 0.2) is 54.6 Å². The molecule has 2 aromatic rings. The summed E-state index contributed by atoms with van der Waals surface area (Å²) in [4.78, 5) is 0. The molecule has 2 nitrogen and oxygen atoms in total. The van der Waals surface area contributed by atoms with Crippen LogP contribution in [0.3, 0.4) is 0 Å². The third-order valence-corrected chi connectivity index (χ3v) is 3.15. The van der Waals surface area contributed by atoms with Crippen molar-refractivity contribution in [2.45, 2.75) is 12.5 Å². The van der Waals surface area contributed by atoms with Crippen LogP contribution >= 0.6 is 11.6 Å². The normalized spacial score (nSPS) is 12.1. The number of halogens is 1. The lowest BCUT2D eigenvalue weighted by molar-refractivity contribution is 0.125. The van der Waals surface area contributed by atoms with Gasteiger partial charge in [0.1, 0.15) is 18.5 Å². The summed E-state index contributed by atoms with van der Waals surface area (Å²) in [5, 5.41) is 9.31. The number of benzene rings is 2. The monoisotopic (exact) mass is 276 g/mol. The van der Waals surface area contributed by atoms with Crippen LogP contribution in [0.4, 0.5) is 0 Å². The lowest BCUT2D eigenvalue weighted by Gasteiger charge is -2.10. The summed E-state index contributed by atoms with van der Waals surface area (Å²) in [5.74, 6) is 0.938. The van der Waals surface area contributed by atoms with Crippen LogP contribution in [0.5, 0.6) is 5.75 Å². The fraction of sp³-hybridized carbons (Fsp3) is 0.250. The van der Waals surface area contributed by atoms with Gasteiger partial charge in [0, 0.05) is 0 Å². The van der Waals surface area contributed by atoms with Crippen LogP contribution in [0, 0.1) is 0 Å². The minimum Gasteiger partial charge on any atom is -0.491 e. The van der Waals surface area contributed by atoms with Gasteiger partial charge in [0.05, 0.1) is 5.88 Å². The van der Waals surface area contributed by atoms with Gasteiger partial charge in [-0.15, -0.1) is 11.6 Å². The van der Waals surface area contributed by atoms with Crippen LogP contribution in [0.2, 0.25) is 0 Å². The van der Waals surface area contributed by atoms with E-state index in [9.17, 15) is 5.11 Å². The number of ether oxygens (including phenoxy) is 1. The molecule has 19 heavy (non-hydrogen) atoms. The van der Waals surface area contributed by atoms with Crippen LogP contribution in [0.1, 0.15) is 11.1 Å². The lowest BCUT2D eigenvalue weighted by atomic mass is 10.1. The largest absolute Gasteiger partial charge is 0.491 e. The third kappa shape index (κ3) is 4.58. The Balaban J connectivity index is 1.91. The SMILES string of the molecule is O[C@H](CCl)COc1ccc(Cc2ccccc2)cc1. The number of alkyl halides is 1. The summed E-state index contributed by atoms with van der Waals surface area (Å²) in [7, 11) is 0. The van der Waals surface area contributed by atoms with Crippen molar-refractivity contribution in [2.24, 2.45) is 0 Å². The van der Waals surface area contributed by atoms with Crippen molar-refractivity contribution in [1.82, 2.24) is 0 Å². The van der Waals surface area contributed by atoms with Crippen molar-refractivity contribution in [3.05, 3.63) is 65.7 Å². The van der Waals surface area contributed by atoms with E-state index in [2.05, 4.69) is 12.1 Å². The number of aliphatic hydroxyl groups excluding tert-OH is 1. The van der Waals surface area contributed by atoms with Gasteiger partial charge < -0.3 is 9.84 Å². The van der Waals surface area contributed by atoms with E-state index in [0.717, 1.165) is 12.2 Å². The molecule has 1 N–H and O–H groups in total. The molecule has 2 aromatic carbocycles. The Bertz CT molecular complexity index is 482. The van der Waals surface area contributed by atoms with Crippen LogP contribution in [0.25, 0.3) is 0 Å². The zero-order valence-electron chi connectivity index (χ0n) is 10.6. The first-order chi connectivity index (χ1) is 9.28. The molecule has 2 rings (SSSR count). The van der Waals surface area contributed by atoms with E-state index in [1.807, 2.05) is 42.5 Å². The second-order valence-electron chi connectivity index (χ2n) is 4.43. The zero-order chi connectivity index (χ0) is 13.5. The Morgan fingerprint density at radius 3 is 2.21 bits per heavy atom. The van der Waals surface area contributed by atoms with Gasteiger partial charge in [-0.3, -0.25) is 0 Å². The molecule has 0 radical (unpaired) electrons. The molecule has 0 saturated heterocycles. The van der Waals surface area contributed by atoms with Gasteiger partial charge in [-0.2, -0.15) is 0 Å². The molecule has 3 heteroatoms. The number of rotatable bonds is 6. The maximum absolute atomic E-state index is 9.31. The first-order valence-corrected chi connectivity index (χ1v) is 6.81. The summed E-state index contributed by atoms with van der Waals surface area (Å²) >= 11 is 5.50. The molecule has 0 saturated carbocycles. The highest BCUT2D eigenvalue weighted by Gasteiger charge is 2.03. The fourth-order valence-corrected chi connectivity index (χ4v) is 1.86. The standard InChI is InChI=1S/C16H17ClO2/c17-11-15(18)12-19-16-8-6-14(7-9-16)10-13-4-2-1-3-5-13/h1-9,15,18H,10-12H2/t15-/m1/s1. The highest BCUT2D eigenvalue weighted by atomic mass is 35.5. The Labute approximate surface area is 118 Å². The van der Waals surface area contributed by atoms with Gasteiger partial charge in [-0.05, 0) is 29.7 Å². The molecule has 1 atom stereocenters. The lowest BCUT2D eigenvalue weighted by Crippen LogP contribution is -2.18. The van der Waals surface area contributed by atoms with Crippen LogP contribution in [-0.4, -0.2) is 23.7 Å². The van der Waals surface area contributed by atoms with E-state index < -0.39 is 6.10 Å². The molecule has 0 aromatic heterocycles. The molecule has 0 heterocycles. The topological polar surface area (TPSA) is 29.5 Å². The maximum Gasteiger partial charge on any atom is 0.119 e. The molecule has 0 aliphatic carbocycles. The first kappa shape index (κ1) is 13.9. The van der Waals surface area contributed by atoms with E-state index in [-0.39, 0.29) is 12.5 Å². The fourth-order valence-electron chi connectivity index (χ4n) is 1.77. The average molecular weight is 277 g/mol. The van der Waals surface area contributed by atoms with Crippen molar-refractivity contribution < 1.29 is 9.84 Å². The second kappa shape index (κ2) is 7.17. The molecule has 0 amide bonds. The molecule has 0 aliphatic heterocycles. The minimum atomic E-state index is -0.620. The number of aliphatic hydroxyl groups is 1. The molecule has 0 spiro atoms. The van der Waals surface area contributed by atoms with E-state index in [0.29, 0.717) is 0 Å². The zero-order valence-corrected chi connectivity index (χ0v) is 11.4. The van der Waals surface area contributed by atoms with Crippen molar-refractivity contribution in [3.8, 4) is 5.75 Å². The van der Waals surface area contributed by atoms with E-state index in [1.54, 1.807) is 0 Å². The van der Waals surface area contributed by atoms with Crippen molar-refractivity contribution in [2.75, 3.05) is 12.5 Å². The average Bonchev–Trinajstić information content (AvgIpc) is 2.47. The summed E-state index contributed by atoms with van der Waals surface area (Å²) in [6, 6.07) is 18.2. The Morgan fingerprint density at radius 1 is 0.947 bits per heavy atom. The Kier molecular flexibility index (Phi) is 5.25. The molecule has 0 bridgehead atoms. The molecular formula is C16H17ClO2. The van der Waals surface area contributed by atoms with Gasteiger partial charge in [0.15, 0.2) is 0 Å². The van der Waals surface area contributed by atoms with Crippen LogP contribution in [-0.2, 0) is 6.42 Å². The van der Waals surface area contributed by atoms with Gasteiger partial charge in [0.2, 0.25) is 0 Å². The Hall–Kier alpha value is -1.51. The molecule has 0 unspecified atom stereocenters. The summed E-state index contributed by atoms with van der Waals surface area (Å²) in [6.45, 7) is 0.224. The van der Waals surface area contributed by atoms with Gasteiger partial charge in [0.25, 0.3) is 0 Å². The van der Waals surface area contributed by atoms with Gasteiger partial charge in [-0.1, -0.05) is 42.5 Å². The number of hydrogen-bond donors (Lipinski definition) is 1. The maximum atomic E-state index is 9.31. The first-order valence-electron chi connectivity index (χ1n) is 6.27. The molecule has 0 fully saturated rings. The third-order valence-electron chi connectivity index (χ3n) is 2.79. The second-order valence-corrected chi connectivity index (χ2v) is 4.73.